The zero-order valence-corrected chi connectivity index (χ0v) is 21.6. The summed E-state index contributed by atoms with van der Waals surface area (Å²) in [5, 5.41) is 8.40. The van der Waals surface area contributed by atoms with Crippen LogP contribution in [0.5, 0.6) is 5.75 Å². The maximum absolute atomic E-state index is 6.12. The van der Waals surface area contributed by atoms with E-state index in [0.717, 1.165) is 48.6 Å². The number of fused-ring (bicyclic) bond motifs is 1. The zero-order chi connectivity index (χ0) is 25.1. The number of hydrogen-bond donors (Lipinski definition) is 2. The Kier molecular flexibility index (Phi) is 7.14. The van der Waals surface area contributed by atoms with Gasteiger partial charge >= 0.3 is 0 Å². The Balaban J connectivity index is 1.41. The first-order chi connectivity index (χ1) is 17.5. The van der Waals surface area contributed by atoms with E-state index >= 15 is 0 Å². The number of nitrogens with zero attached hydrogens (tertiary/aromatic N) is 3. The third kappa shape index (κ3) is 5.05. The molecule has 0 amide bonds. The molecule has 0 saturated carbocycles. The lowest BCUT2D eigenvalue weighted by molar-refractivity contribution is 0.306. The third-order valence-electron chi connectivity index (χ3n) is 6.96. The predicted octanol–water partition coefficient (Wildman–Crippen LogP) is 5.31. The summed E-state index contributed by atoms with van der Waals surface area (Å²) >= 11 is 0. The van der Waals surface area contributed by atoms with Gasteiger partial charge in [0.05, 0.1) is 12.1 Å². The second kappa shape index (κ2) is 10.6. The van der Waals surface area contributed by atoms with Crippen LogP contribution in [-0.4, -0.2) is 35.5 Å². The minimum absolute atomic E-state index is 0.271. The van der Waals surface area contributed by atoms with Gasteiger partial charge < -0.3 is 20.7 Å². The molecule has 6 heteroatoms. The Hall–Kier alpha value is -3.51. The number of allylic oxidation sites excluding steroid dienone is 2. The Bertz CT molecular complexity index is 1240. The molecule has 2 aromatic carbocycles. The highest BCUT2D eigenvalue weighted by molar-refractivity contribution is 5.91. The molecule has 0 radical (unpaired) electrons. The second-order valence-electron chi connectivity index (χ2n) is 10.0. The number of ether oxygens (including phenoxy) is 1. The van der Waals surface area contributed by atoms with Gasteiger partial charge in [-0.15, -0.1) is 0 Å². The first-order valence-electron chi connectivity index (χ1n) is 13.1. The first-order valence-corrected chi connectivity index (χ1v) is 13.1. The summed E-state index contributed by atoms with van der Waals surface area (Å²) in [6.07, 6.45) is 7.35. The van der Waals surface area contributed by atoms with Gasteiger partial charge in [-0.3, -0.25) is 0 Å². The monoisotopic (exact) mass is 483 g/mol. The fourth-order valence-electron chi connectivity index (χ4n) is 4.92. The molecule has 188 valence electrons. The standard InChI is InChI=1S/C30H37N5O/c1-21(2)24-7-5-23(6-8-24)20-36-27-11-9-25(10-12-27)28-29(26-13-15-32-22(3)19-26)33-35-18-17-34(30(28)35)16-4-14-31/h5-13,15,19,21-22,32H,4,14,16-18,20,31H2,1-3H3. The molecule has 6 nitrogen and oxygen atoms in total. The van der Waals surface area contributed by atoms with Gasteiger partial charge in [0.15, 0.2) is 0 Å². The van der Waals surface area contributed by atoms with Crippen molar-refractivity contribution in [2.45, 2.75) is 52.3 Å². The largest absolute Gasteiger partial charge is 0.489 e. The van der Waals surface area contributed by atoms with Crippen molar-refractivity contribution in [3.63, 3.8) is 0 Å². The van der Waals surface area contributed by atoms with Crippen molar-refractivity contribution in [1.29, 1.82) is 0 Å². The summed E-state index contributed by atoms with van der Waals surface area (Å²) in [4.78, 5) is 2.43. The first kappa shape index (κ1) is 24.2. The van der Waals surface area contributed by atoms with E-state index in [1.807, 2.05) is 6.20 Å². The van der Waals surface area contributed by atoms with E-state index in [0.29, 0.717) is 19.1 Å². The average Bonchev–Trinajstić information content (AvgIpc) is 3.46. The van der Waals surface area contributed by atoms with Crippen molar-refractivity contribution in [3.05, 3.63) is 83.7 Å². The number of benzene rings is 2. The van der Waals surface area contributed by atoms with Gasteiger partial charge in [-0.25, -0.2) is 4.68 Å². The highest BCUT2D eigenvalue weighted by atomic mass is 16.5. The van der Waals surface area contributed by atoms with Gasteiger partial charge in [0.2, 0.25) is 0 Å². The lowest BCUT2D eigenvalue weighted by atomic mass is 9.98. The van der Waals surface area contributed by atoms with Gasteiger partial charge in [-0.1, -0.05) is 56.3 Å². The lowest BCUT2D eigenvalue weighted by Gasteiger charge is -2.20. The maximum atomic E-state index is 6.12. The fourth-order valence-corrected chi connectivity index (χ4v) is 4.92. The Morgan fingerprint density at radius 2 is 1.86 bits per heavy atom. The summed E-state index contributed by atoms with van der Waals surface area (Å²) in [6, 6.07) is 17.4. The molecule has 1 unspecified atom stereocenters. The van der Waals surface area contributed by atoms with E-state index in [1.54, 1.807) is 0 Å². The molecule has 5 rings (SSSR count). The molecule has 3 aromatic rings. The predicted molar refractivity (Wildman–Crippen MR) is 148 cm³/mol. The third-order valence-corrected chi connectivity index (χ3v) is 6.96. The molecule has 0 saturated heterocycles. The minimum atomic E-state index is 0.271. The van der Waals surface area contributed by atoms with Gasteiger partial charge in [0.1, 0.15) is 23.9 Å². The molecular formula is C30H37N5O. The molecule has 2 aliphatic heterocycles. The molecule has 3 heterocycles. The van der Waals surface area contributed by atoms with Crippen LogP contribution in [0.3, 0.4) is 0 Å². The number of nitrogens with one attached hydrogen (secondary N) is 1. The summed E-state index contributed by atoms with van der Waals surface area (Å²) < 4.78 is 8.28. The number of anilines is 1. The Labute approximate surface area is 214 Å². The van der Waals surface area contributed by atoms with Crippen molar-refractivity contribution in [2.75, 3.05) is 24.5 Å². The van der Waals surface area contributed by atoms with Crippen molar-refractivity contribution < 1.29 is 4.74 Å². The topological polar surface area (TPSA) is 68.3 Å². The molecule has 0 bridgehead atoms. The normalized spacial score (nSPS) is 16.8. The number of nitrogens with two attached hydrogens (primary N) is 1. The minimum Gasteiger partial charge on any atom is -0.489 e. The summed E-state index contributed by atoms with van der Waals surface area (Å²) in [6.45, 7) is 10.6. The highest BCUT2D eigenvalue weighted by Gasteiger charge is 2.29. The van der Waals surface area contributed by atoms with E-state index < -0.39 is 0 Å². The van der Waals surface area contributed by atoms with Gasteiger partial charge in [0, 0.05) is 24.7 Å². The van der Waals surface area contributed by atoms with E-state index in [1.165, 1.54) is 22.5 Å². The van der Waals surface area contributed by atoms with Gasteiger partial charge in [-0.05, 0) is 66.9 Å². The second-order valence-corrected chi connectivity index (χ2v) is 10.0. The number of dihydropyridines is 1. The number of hydrogen-bond acceptors (Lipinski definition) is 5. The van der Waals surface area contributed by atoms with Crippen LogP contribution in [0.1, 0.15) is 49.9 Å². The average molecular weight is 484 g/mol. The quantitative estimate of drug-likeness (QED) is 0.432. The van der Waals surface area contributed by atoms with Crippen molar-refractivity contribution in [2.24, 2.45) is 5.73 Å². The molecular weight excluding hydrogens is 446 g/mol. The summed E-state index contributed by atoms with van der Waals surface area (Å²) in [5.74, 6) is 2.60. The fraction of sp³-hybridized carbons (Fsp3) is 0.367. The van der Waals surface area contributed by atoms with E-state index in [9.17, 15) is 0 Å². The lowest BCUT2D eigenvalue weighted by Crippen LogP contribution is -2.24. The van der Waals surface area contributed by atoms with Crippen molar-refractivity contribution in [1.82, 2.24) is 15.1 Å². The molecule has 0 aliphatic carbocycles. The zero-order valence-electron chi connectivity index (χ0n) is 21.6. The van der Waals surface area contributed by atoms with Crippen molar-refractivity contribution in [3.8, 4) is 16.9 Å². The number of aromatic nitrogens is 2. The summed E-state index contributed by atoms with van der Waals surface area (Å²) in [5.41, 5.74) is 12.9. The van der Waals surface area contributed by atoms with Gasteiger partial charge in [-0.2, -0.15) is 5.10 Å². The van der Waals surface area contributed by atoms with Crippen LogP contribution in [0, 0.1) is 0 Å². The molecule has 1 aromatic heterocycles. The van der Waals surface area contributed by atoms with Crippen LogP contribution in [-0.2, 0) is 13.2 Å². The maximum Gasteiger partial charge on any atom is 0.135 e. The van der Waals surface area contributed by atoms with E-state index in [2.05, 4.69) is 96.4 Å². The van der Waals surface area contributed by atoms with Gasteiger partial charge in [0.25, 0.3) is 0 Å². The van der Waals surface area contributed by atoms with Crippen LogP contribution in [0.15, 0.2) is 66.9 Å². The molecule has 1 atom stereocenters. The molecule has 36 heavy (non-hydrogen) atoms. The van der Waals surface area contributed by atoms with Crippen LogP contribution in [0.2, 0.25) is 0 Å². The van der Waals surface area contributed by atoms with Crippen LogP contribution >= 0.6 is 0 Å². The SMILES string of the molecule is CC1C=C(c2nn3c(c2-c2ccc(OCc4ccc(C(C)C)cc4)cc2)N(CCCN)CC3)C=CN1. The van der Waals surface area contributed by atoms with Crippen LogP contribution < -0.4 is 20.7 Å². The molecule has 0 spiro atoms. The van der Waals surface area contributed by atoms with Crippen LogP contribution in [0.25, 0.3) is 16.7 Å². The molecule has 3 N–H and O–H groups in total. The number of rotatable bonds is 9. The van der Waals surface area contributed by atoms with E-state index in [-0.39, 0.29) is 6.04 Å². The van der Waals surface area contributed by atoms with E-state index in [4.69, 9.17) is 15.6 Å². The molecule has 0 fully saturated rings. The van der Waals surface area contributed by atoms with Crippen molar-refractivity contribution >= 4 is 11.4 Å². The smallest absolute Gasteiger partial charge is 0.135 e. The van der Waals surface area contributed by atoms with Crippen LogP contribution in [0.4, 0.5) is 5.82 Å². The highest BCUT2D eigenvalue weighted by Crippen LogP contribution is 2.41. The molecule has 2 aliphatic rings. The summed E-state index contributed by atoms with van der Waals surface area (Å²) in [7, 11) is 0. The Morgan fingerprint density at radius 3 is 2.56 bits per heavy atom. The Morgan fingerprint density at radius 1 is 1.08 bits per heavy atom.